The summed E-state index contributed by atoms with van der Waals surface area (Å²) in [6.45, 7) is 4.14. The predicted octanol–water partition coefficient (Wildman–Crippen LogP) is 1.29. The second-order valence-corrected chi connectivity index (χ2v) is 5.12. The summed E-state index contributed by atoms with van der Waals surface area (Å²) in [4.78, 5) is 14.2. The normalized spacial score (nSPS) is 19.8. The van der Waals surface area contributed by atoms with E-state index in [0.29, 0.717) is 26.3 Å². The Morgan fingerprint density at radius 3 is 2.76 bits per heavy atom. The van der Waals surface area contributed by atoms with Gasteiger partial charge in [-0.25, -0.2) is 0 Å². The highest BCUT2D eigenvalue weighted by atomic mass is 35.5. The monoisotopic (exact) mass is 314 g/mol. The van der Waals surface area contributed by atoms with Gasteiger partial charge in [0.25, 0.3) is 0 Å². The Morgan fingerprint density at radius 1 is 1.48 bits per heavy atom. The zero-order chi connectivity index (χ0) is 14.5. The summed E-state index contributed by atoms with van der Waals surface area (Å²) in [6.07, 6.45) is -0.0667. The number of carbonyl (C=O) groups excluding carboxylic acids is 1. The number of nitrogens with zero attached hydrogens (tertiary/aromatic N) is 1. The molecule has 0 bridgehead atoms. The van der Waals surface area contributed by atoms with Crippen molar-refractivity contribution in [1.82, 2.24) is 4.90 Å². The molecule has 2 unspecified atom stereocenters. The summed E-state index contributed by atoms with van der Waals surface area (Å²) in [7, 11) is 1.63. The first-order valence-corrected chi connectivity index (χ1v) is 6.83. The molecule has 21 heavy (non-hydrogen) atoms. The number of hydrogen-bond acceptors (Lipinski definition) is 4. The van der Waals surface area contributed by atoms with Crippen LogP contribution in [-0.2, 0) is 14.3 Å². The summed E-state index contributed by atoms with van der Waals surface area (Å²) in [5, 5.41) is 0. The van der Waals surface area contributed by atoms with Crippen molar-refractivity contribution in [3.05, 3.63) is 35.4 Å². The van der Waals surface area contributed by atoms with Crippen LogP contribution in [-0.4, -0.2) is 50.3 Å². The van der Waals surface area contributed by atoms with E-state index >= 15 is 0 Å². The van der Waals surface area contributed by atoms with Crippen molar-refractivity contribution >= 4 is 18.3 Å². The maximum Gasteiger partial charge on any atom is 0.244 e. The summed E-state index contributed by atoms with van der Waals surface area (Å²) < 4.78 is 10.6. The van der Waals surface area contributed by atoms with Gasteiger partial charge in [-0.05, 0) is 12.5 Å². The van der Waals surface area contributed by atoms with Gasteiger partial charge in [0.1, 0.15) is 6.04 Å². The second kappa shape index (κ2) is 8.34. The number of carbonyl (C=O) groups is 1. The molecule has 1 heterocycles. The van der Waals surface area contributed by atoms with Crippen LogP contribution in [0, 0.1) is 6.92 Å². The van der Waals surface area contributed by atoms with Crippen LogP contribution in [0.3, 0.4) is 0 Å². The molecule has 6 heteroatoms. The van der Waals surface area contributed by atoms with Crippen LogP contribution in [0.5, 0.6) is 0 Å². The van der Waals surface area contributed by atoms with Crippen molar-refractivity contribution in [2.24, 2.45) is 5.73 Å². The zero-order valence-corrected chi connectivity index (χ0v) is 13.3. The van der Waals surface area contributed by atoms with Gasteiger partial charge in [0, 0.05) is 20.2 Å². The van der Waals surface area contributed by atoms with Crippen LogP contribution in [0.1, 0.15) is 17.2 Å². The minimum absolute atomic E-state index is 0. The maximum atomic E-state index is 12.4. The Morgan fingerprint density at radius 2 is 2.14 bits per heavy atom. The number of ether oxygens (including phenoxy) is 2. The molecule has 1 aromatic carbocycles. The van der Waals surface area contributed by atoms with Crippen molar-refractivity contribution in [1.29, 1.82) is 0 Å². The van der Waals surface area contributed by atoms with Gasteiger partial charge in [0.2, 0.25) is 5.91 Å². The molecule has 0 spiro atoms. The topological polar surface area (TPSA) is 64.8 Å². The number of benzene rings is 1. The molecule has 1 aliphatic heterocycles. The fraction of sp³-hybridized carbons (Fsp3) is 0.533. The van der Waals surface area contributed by atoms with E-state index in [1.54, 1.807) is 12.0 Å². The van der Waals surface area contributed by atoms with Crippen molar-refractivity contribution < 1.29 is 14.3 Å². The molecule has 118 valence electrons. The largest absolute Gasteiger partial charge is 0.382 e. The van der Waals surface area contributed by atoms with E-state index in [4.69, 9.17) is 15.2 Å². The van der Waals surface area contributed by atoms with E-state index in [9.17, 15) is 4.79 Å². The van der Waals surface area contributed by atoms with Gasteiger partial charge >= 0.3 is 0 Å². The molecule has 0 saturated carbocycles. The van der Waals surface area contributed by atoms with E-state index in [-0.39, 0.29) is 24.4 Å². The fourth-order valence-electron chi connectivity index (χ4n) is 2.32. The first-order chi connectivity index (χ1) is 9.61. The molecular weight excluding hydrogens is 292 g/mol. The molecular formula is C15H23ClN2O3. The fourth-order valence-corrected chi connectivity index (χ4v) is 2.32. The van der Waals surface area contributed by atoms with Gasteiger partial charge in [-0.15, -0.1) is 12.4 Å². The lowest BCUT2D eigenvalue weighted by atomic mass is 10.0. The quantitative estimate of drug-likeness (QED) is 0.909. The molecule has 0 aromatic heterocycles. The molecule has 1 aliphatic rings. The minimum atomic E-state index is -0.614. The number of aryl methyl sites for hydroxylation is 1. The molecule has 1 fully saturated rings. The number of nitrogens with two attached hydrogens (primary N) is 1. The van der Waals surface area contributed by atoms with E-state index in [1.165, 1.54) is 0 Å². The van der Waals surface area contributed by atoms with Gasteiger partial charge < -0.3 is 20.1 Å². The second-order valence-electron chi connectivity index (χ2n) is 5.12. The summed E-state index contributed by atoms with van der Waals surface area (Å²) >= 11 is 0. The molecule has 1 saturated heterocycles. The van der Waals surface area contributed by atoms with Crippen molar-refractivity contribution in [2.75, 3.05) is 33.4 Å². The number of amides is 1. The van der Waals surface area contributed by atoms with Crippen LogP contribution < -0.4 is 5.73 Å². The first kappa shape index (κ1) is 17.9. The van der Waals surface area contributed by atoms with E-state index in [1.807, 2.05) is 31.2 Å². The molecule has 0 aliphatic carbocycles. The third-order valence-electron chi connectivity index (χ3n) is 3.51. The SMILES string of the molecule is COCC1CN(C(=O)C(N)c2ccc(C)cc2)CCO1.Cl. The van der Waals surface area contributed by atoms with Crippen LogP contribution in [0.4, 0.5) is 0 Å². The highest BCUT2D eigenvalue weighted by Crippen LogP contribution is 2.16. The summed E-state index contributed by atoms with van der Waals surface area (Å²) in [5.74, 6) is -0.0572. The third kappa shape index (κ3) is 4.68. The maximum absolute atomic E-state index is 12.4. The Hall–Kier alpha value is -1.14. The van der Waals surface area contributed by atoms with E-state index < -0.39 is 6.04 Å². The van der Waals surface area contributed by atoms with E-state index in [2.05, 4.69) is 0 Å². The van der Waals surface area contributed by atoms with Gasteiger partial charge in [0.05, 0.1) is 19.3 Å². The Labute approximate surface area is 131 Å². The number of halogens is 1. The van der Waals surface area contributed by atoms with Crippen LogP contribution in [0.15, 0.2) is 24.3 Å². The average Bonchev–Trinajstić information content (AvgIpc) is 2.47. The Bertz CT molecular complexity index is 451. The van der Waals surface area contributed by atoms with Gasteiger partial charge in [0.15, 0.2) is 0 Å². The standard InChI is InChI=1S/C15H22N2O3.ClH/c1-11-3-5-12(6-4-11)14(16)15(18)17-7-8-20-13(9-17)10-19-2;/h3-6,13-14H,7-10,16H2,1-2H3;1H. The highest BCUT2D eigenvalue weighted by Gasteiger charge is 2.28. The van der Waals surface area contributed by atoms with Crippen molar-refractivity contribution in [3.8, 4) is 0 Å². The number of methoxy groups -OCH3 is 1. The summed E-state index contributed by atoms with van der Waals surface area (Å²) in [6, 6.07) is 7.14. The van der Waals surface area contributed by atoms with Crippen LogP contribution in [0.25, 0.3) is 0 Å². The average molecular weight is 315 g/mol. The van der Waals surface area contributed by atoms with Crippen molar-refractivity contribution in [3.63, 3.8) is 0 Å². The number of morpholine rings is 1. The smallest absolute Gasteiger partial charge is 0.244 e. The molecule has 5 nitrogen and oxygen atoms in total. The Kier molecular flexibility index (Phi) is 7.11. The number of hydrogen-bond donors (Lipinski definition) is 1. The van der Waals surface area contributed by atoms with Crippen molar-refractivity contribution in [2.45, 2.75) is 19.1 Å². The molecule has 0 radical (unpaired) electrons. The predicted molar refractivity (Wildman–Crippen MR) is 83.6 cm³/mol. The molecule has 2 rings (SSSR count). The minimum Gasteiger partial charge on any atom is -0.382 e. The van der Waals surface area contributed by atoms with Gasteiger partial charge in [-0.2, -0.15) is 0 Å². The first-order valence-electron chi connectivity index (χ1n) is 6.83. The lowest BCUT2D eigenvalue weighted by molar-refractivity contribution is -0.142. The molecule has 2 atom stereocenters. The van der Waals surface area contributed by atoms with E-state index in [0.717, 1.165) is 11.1 Å². The third-order valence-corrected chi connectivity index (χ3v) is 3.51. The zero-order valence-electron chi connectivity index (χ0n) is 12.5. The highest BCUT2D eigenvalue weighted by molar-refractivity contribution is 5.85. The molecule has 2 N–H and O–H groups in total. The lowest BCUT2D eigenvalue weighted by Crippen LogP contribution is -2.49. The van der Waals surface area contributed by atoms with Crippen LogP contribution >= 0.6 is 12.4 Å². The molecule has 1 amide bonds. The number of rotatable bonds is 4. The van der Waals surface area contributed by atoms with Gasteiger partial charge in [-0.3, -0.25) is 4.79 Å². The lowest BCUT2D eigenvalue weighted by Gasteiger charge is -2.34. The van der Waals surface area contributed by atoms with Crippen LogP contribution in [0.2, 0.25) is 0 Å². The molecule has 1 aromatic rings. The Balaban J connectivity index is 0.00000220. The van der Waals surface area contributed by atoms with Gasteiger partial charge in [-0.1, -0.05) is 29.8 Å². The summed E-state index contributed by atoms with van der Waals surface area (Å²) in [5.41, 5.74) is 8.07.